The average molecular weight is 451 g/mol. The van der Waals surface area contributed by atoms with Crippen LogP contribution < -0.4 is 9.47 Å². The van der Waals surface area contributed by atoms with Gasteiger partial charge in [0.05, 0.1) is 5.56 Å². The molecule has 0 N–H and O–H groups in total. The van der Waals surface area contributed by atoms with Gasteiger partial charge in [0.2, 0.25) is 12.7 Å². The monoisotopic (exact) mass is 449 g/mol. The summed E-state index contributed by atoms with van der Waals surface area (Å²) in [6.45, 7) is 0.189. The molecule has 120 valence electrons. The van der Waals surface area contributed by atoms with Gasteiger partial charge in [0.25, 0.3) is 0 Å². The zero-order valence-corrected chi connectivity index (χ0v) is 15.3. The van der Waals surface area contributed by atoms with Gasteiger partial charge in [0, 0.05) is 8.95 Å². The van der Waals surface area contributed by atoms with Crippen molar-refractivity contribution in [2.24, 2.45) is 4.99 Å². The Balaban J connectivity index is 1.73. The number of carbonyl (C=O) groups is 1. The highest BCUT2D eigenvalue weighted by molar-refractivity contribution is 9.10. The van der Waals surface area contributed by atoms with Crippen LogP contribution in [0, 0.1) is 0 Å². The first kappa shape index (κ1) is 15.4. The molecule has 0 aromatic heterocycles. The van der Waals surface area contributed by atoms with E-state index in [0.717, 1.165) is 20.1 Å². The highest BCUT2D eigenvalue weighted by Crippen LogP contribution is 2.38. The Bertz CT molecular complexity index is 921. The standard InChI is InChI=1S/C17H9Br2NO4/c18-11-4-2-1-3-10(11)16-20-13(17(21)24-16)5-9-6-14-15(7-12(9)19)23-8-22-14/h1-7H,8H2/b13-5+. The lowest BCUT2D eigenvalue weighted by atomic mass is 10.1. The summed E-state index contributed by atoms with van der Waals surface area (Å²) in [5.74, 6) is 1.07. The van der Waals surface area contributed by atoms with Crippen molar-refractivity contribution >= 4 is 49.8 Å². The molecule has 0 aliphatic carbocycles. The number of esters is 1. The second kappa shape index (κ2) is 6.07. The summed E-state index contributed by atoms with van der Waals surface area (Å²) >= 11 is 6.89. The maximum absolute atomic E-state index is 12.1. The number of nitrogens with zero attached hydrogens (tertiary/aromatic N) is 1. The van der Waals surface area contributed by atoms with Gasteiger partial charge in [-0.05, 0) is 51.8 Å². The van der Waals surface area contributed by atoms with Crippen LogP contribution in [-0.2, 0) is 9.53 Å². The Kier molecular flexibility index (Phi) is 3.90. The van der Waals surface area contributed by atoms with Crippen molar-refractivity contribution in [3.63, 3.8) is 0 Å². The zero-order chi connectivity index (χ0) is 16.7. The van der Waals surface area contributed by atoms with Gasteiger partial charge in [0.15, 0.2) is 17.2 Å². The summed E-state index contributed by atoms with van der Waals surface area (Å²) in [5, 5.41) is 0. The molecule has 24 heavy (non-hydrogen) atoms. The highest BCUT2D eigenvalue weighted by atomic mass is 79.9. The maximum atomic E-state index is 12.1. The number of cyclic esters (lactones) is 1. The number of rotatable bonds is 2. The zero-order valence-electron chi connectivity index (χ0n) is 12.1. The molecule has 0 radical (unpaired) electrons. The molecule has 0 fully saturated rings. The van der Waals surface area contributed by atoms with Crippen LogP contribution in [0.3, 0.4) is 0 Å². The molecule has 5 nitrogen and oxygen atoms in total. The van der Waals surface area contributed by atoms with E-state index in [4.69, 9.17) is 14.2 Å². The van der Waals surface area contributed by atoms with E-state index < -0.39 is 5.97 Å². The van der Waals surface area contributed by atoms with Gasteiger partial charge in [-0.3, -0.25) is 0 Å². The summed E-state index contributed by atoms with van der Waals surface area (Å²) in [4.78, 5) is 16.4. The van der Waals surface area contributed by atoms with Crippen LogP contribution in [0.25, 0.3) is 6.08 Å². The number of benzene rings is 2. The average Bonchev–Trinajstić information content (AvgIpc) is 3.15. The number of aliphatic imine (C=N–C) groups is 1. The third-order valence-electron chi connectivity index (χ3n) is 3.51. The molecular weight excluding hydrogens is 442 g/mol. The molecule has 4 rings (SSSR count). The van der Waals surface area contributed by atoms with Gasteiger partial charge < -0.3 is 14.2 Å². The van der Waals surface area contributed by atoms with Crippen LogP contribution in [0.4, 0.5) is 0 Å². The van der Waals surface area contributed by atoms with E-state index in [1.165, 1.54) is 0 Å². The minimum absolute atomic E-state index is 0.189. The van der Waals surface area contributed by atoms with Crippen molar-refractivity contribution in [3.05, 3.63) is 62.2 Å². The van der Waals surface area contributed by atoms with Gasteiger partial charge in [-0.1, -0.05) is 28.1 Å². The lowest BCUT2D eigenvalue weighted by Crippen LogP contribution is -2.05. The van der Waals surface area contributed by atoms with E-state index in [2.05, 4.69) is 36.9 Å². The fraction of sp³-hybridized carbons (Fsp3) is 0.0588. The van der Waals surface area contributed by atoms with Crippen LogP contribution in [0.5, 0.6) is 11.5 Å². The van der Waals surface area contributed by atoms with Crippen molar-refractivity contribution in [2.75, 3.05) is 6.79 Å². The summed E-state index contributed by atoms with van der Waals surface area (Å²) < 4.78 is 17.5. The number of hydrogen-bond donors (Lipinski definition) is 0. The Morgan fingerprint density at radius 1 is 1.04 bits per heavy atom. The summed E-state index contributed by atoms with van der Waals surface area (Å²) in [6.07, 6.45) is 1.65. The third kappa shape index (κ3) is 2.74. The van der Waals surface area contributed by atoms with Crippen LogP contribution >= 0.6 is 31.9 Å². The molecule has 0 saturated carbocycles. The smallest absolute Gasteiger partial charge is 0.363 e. The third-order valence-corrected chi connectivity index (χ3v) is 4.89. The SMILES string of the molecule is O=C1OC(c2ccccc2Br)=N/C1=C/c1cc2c(cc1Br)OCO2. The van der Waals surface area contributed by atoms with Gasteiger partial charge in [-0.25, -0.2) is 9.79 Å². The van der Waals surface area contributed by atoms with Gasteiger partial charge >= 0.3 is 5.97 Å². The van der Waals surface area contributed by atoms with E-state index in [9.17, 15) is 4.79 Å². The molecule has 2 aliphatic rings. The molecule has 2 aromatic carbocycles. The summed E-state index contributed by atoms with van der Waals surface area (Å²) in [7, 11) is 0. The number of halogens is 2. The number of fused-ring (bicyclic) bond motifs is 1. The van der Waals surface area contributed by atoms with Crippen molar-refractivity contribution in [2.45, 2.75) is 0 Å². The van der Waals surface area contributed by atoms with Gasteiger partial charge in [-0.2, -0.15) is 0 Å². The van der Waals surface area contributed by atoms with Gasteiger partial charge in [-0.15, -0.1) is 0 Å². The topological polar surface area (TPSA) is 57.1 Å². The van der Waals surface area contributed by atoms with E-state index in [1.807, 2.05) is 24.3 Å². The fourth-order valence-corrected chi connectivity index (χ4v) is 3.24. The molecule has 0 saturated heterocycles. The fourth-order valence-electron chi connectivity index (χ4n) is 2.35. The Morgan fingerprint density at radius 3 is 2.58 bits per heavy atom. The number of ether oxygens (including phenoxy) is 3. The second-order valence-electron chi connectivity index (χ2n) is 5.04. The van der Waals surface area contributed by atoms with Crippen LogP contribution in [-0.4, -0.2) is 18.7 Å². The number of hydrogen-bond acceptors (Lipinski definition) is 5. The van der Waals surface area contributed by atoms with Crippen molar-refractivity contribution in [1.29, 1.82) is 0 Å². The molecule has 0 atom stereocenters. The normalized spacial score (nSPS) is 17.2. The molecule has 0 spiro atoms. The maximum Gasteiger partial charge on any atom is 0.363 e. The lowest BCUT2D eigenvalue weighted by molar-refractivity contribution is -0.129. The van der Waals surface area contributed by atoms with E-state index in [-0.39, 0.29) is 18.4 Å². The quantitative estimate of drug-likeness (QED) is 0.506. The Labute approximate surface area is 154 Å². The Morgan fingerprint density at radius 2 is 1.79 bits per heavy atom. The minimum atomic E-state index is -0.495. The van der Waals surface area contributed by atoms with E-state index >= 15 is 0 Å². The molecule has 7 heteroatoms. The van der Waals surface area contributed by atoms with E-state index in [0.29, 0.717) is 11.5 Å². The summed E-state index contributed by atoms with van der Waals surface area (Å²) in [6, 6.07) is 11.0. The first-order valence-corrected chi connectivity index (χ1v) is 8.57. The van der Waals surface area contributed by atoms with Crippen molar-refractivity contribution in [1.82, 2.24) is 0 Å². The summed E-state index contributed by atoms with van der Waals surface area (Å²) in [5.41, 5.74) is 1.70. The van der Waals surface area contributed by atoms with Crippen LogP contribution in [0.2, 0.25) is 0 Å². The largest absolute Gasteiger partial charge is 0.454 e. The molecule has 0 bridgehead atoms. The minimum Gasteiger partial charge on any atom is -0.454 e. The molecule has 2 aromatic rings. The second-order valence-corrected chi connectivity index (χ2v) is 6.75. The first-order valence-electron chi connectivity index (χ1n) is 6.98. The first-order chi connectivity index (χ1) is 11.6. The molecule has 2 aliphatic heterocycles. The Hall–Kier alpha value is -2.12. The predicted molar refractivity (Wildman–Crippen MR) is 95.0 cm³/mol. The van der Waals surface area contributed by atoms with Crippen molar-refractivity contribution < 1.29 is 19.0 Å². The number of carbonyl (C=O) groups excluding carboxylic acids is 1. The van der Waals surface area contributed by atoms with E-state index in [1.54, 1.807) is 18.2 Å². The molecule has 2 heterocycles. The highest BCUT2D eigenvalue weighted by Gasteiger charge is 2.26. The lowest BCUT2D eigenvalue weighted by Gasteiger charge is -2.02. The predicted octanol–water partition coefficient (Wildman–Crippen LogP) is 4.28. The van der Waals surface area contributed by atoms with Crippen LogP contribution in [0.1, 0.15) is 11.1 Å². The molecule has 0 unspecified atom stereocenters. The van der Waals surface area contributed by atoms with Crippen LogP contribution in [0.15, 0.2) is 56.0 Å². The molecule has 0 amide bonds. The molecular formula is C17H9Br2NO4. The van der Waals surface area contributed by atoms with Gasteiger partial charge in [0.1, 0.15) is 0 Å². The van der Waals surface area contributed by atoms with Crippen molar-refractivity contribution in [3.8, 4) is 11.5 Å².